The summed E-state index contributed by atoms with van der Waals surface area (Å²) in [7, 11) is 1.29. The van der Waals surface area contributed by atoms with Crippen molar-refractivity contribution in [3.8, 4) is 0 Å². The third-order valence-electron chi connectivity index (χ3n) is 2.08. The Kier molecular flexibility index (Phi) is 5.87. The van der Waals surface area contributed by atoms with Crippen molar-refractivity contribution in [1.82, 2.24) is 4.98 Å². The molecule has 0 spiro atoms. The van der Waals surface area contributed by atoms with Crippen LogP contribution in [0.15, 0.2) is 0 Å². The molecule has 1 rings (SSSR count). The number of esters is 1. The van der Waals surface area contributed by atoms with Crippen LogP contribution in [-0.4, -0.2) is 30.5 Å². The van der Waals surface area contributed by atoms with Crippen molar-refractivity contribution in [2.45, 2.75) is 19.3 Å². The fourth-order valence-corrected chi connectivity index (χ4v) is 2.34. The number of thiazole rings is 1. The summed E-state index contributed by atoms with van der Waals surface area (Å²) in [5.74, 6) is -0.806. The number of nitrogens with zero attached hydrogens (tertiary/aromatic N) is 1. The van der Waals surface area contributed by atoms with Gasteiger partial charge in [-0.15, -0.1) is 0 Å². The molecule has 0 saturated heterocycles. The van der Waals surface area contributed by atoms with Crippen LogP contribution < -0.4 is 11.1 Å². The number of nitrogens with one attached hydrogen (secondary N) is 1. The van der Waals surface area contributed by atoms with E-state index in [1.54, 1.807) is 0 Å². The van der Waals surface area contributed by atoms with Gasteiger partial charge in [-0.25, -0.2) is 9.78 Å². The van der Waals surface area contributed by atoms with Crippen LogP contribution >= 0.6 is 22.9 Å². The van der Waals surface area contributed by atoms with E-state index >= 15 is 0 Å². The van der Waals surface area contributed by atoms with Crippen molar-refractivity contribution < 1.29 is 14.3 Å². The maximum absolute atomic E-state index is 11.3. The standard InChI is InChI=1S/C10H14ClN3O3S/c1-17-9(16)7-8(11)14-10(18-7)13-5-3-2-4-6(12)15/h2-5H2,1H3,(H2,12,15)(H,13,14). The summed E-state index contributed by atoms with van der Waals surface area (Å²) >= 11 is 6.93. The molecule has 0 bridgehead atoms. The van der Waals surface area contributed by atoms with Gasteiger partial charge in [-0.2, -0.15) is 0 Å². The first-order valence-corrected chi connectivity index (χ1v) is 6.51. The van der Waals surface area contributed by atoms with E-state index in [0.717, 1.165) is 17.8 Å². The molecular weight excluding hydrogens is 278 g/mol. The van der Waals surface area contributed by atoms with Crippen LogP contribution in [0, 0.1) is 0 Å². The van der Waals surface area contributed by atoms with Crippen molar-refractivity contribution in [2.75, 3.05) is 19.0 Å². The van der Waals surface area contributed by atoms with Crippen molar-refractivity contribution in [2.24, 2.45) is 5.73 Å². The molecule has 0 unspecified atom stereocenters. The largest absolute Gasteiger partial charge is 0.465 e. The smallest absolute Gasteiger partial charge is 0.351 e. The lowest BCUT2D eigenvalue weighted by molar-refractivity contribution is -0.118. The molecule has 18 heavy (non-hydrogen) atoms. The molecule has 1 amide bonds. The quantitative estimate of drug-likeness (QED) is 0.588. The van der Waals surface area contributed by atoms with Crippen LogP contribution in [0.3, 0.4) is 0 Å². The third-order valence-corrected chi connectivity index (χ3v) is 3.46. The van der Waals surface area contributed by atoms with Gasteiger partial charge in [0.15, 0.2) is 15.2 Å². The van der Waals surface area contributed by atoms with Gasteiger partial charge < -0.3 is 15.8 Å². The number of anilines is 1. The van der Waals surface area contributed by atoms with E-state index in [0.29, 0.717) is 24.5 Å². The number of amides is 1. The van der Waals surface area contributed by atoms with Gasteiger partial charge in [-0.3, -0.25) is 4.79 Å². The summed E-state index contributed by atoms with van der Waals surface area (Å²) < 4.78 is 4.57. The number of ether oxygens (including phenoxy) is 1. The molecule has 0 aromatic carbocycles. The SMILES string of the molecule is COC(=O)c1sc(NCCCCC(N)=O)nc1Cl. The average molecular weight is 292 g/mol. The normalized spacial score (nSPS) is 10.1. The van der Waals surface area contributed by atoms with Gasteiger partial charge in [-0.05, 0) is 12.8 Å². The second kappa shape index (κ2) is 7.17. The van der Waals surface area contributed by atoms with Crippen molar-refractivity contribution in [3.63, 3.8) is 0 Å². The minimum Gasteiger partial charge on any atom is -0.465 e. The van der Waals surface area contributed by atoms with Gasteiger partial charge in [0.25, 0.3) is 0 Å². The summed E-state index contributed by atoms with van der Waals surface area (Å²) in [6.07, 6.45) is 1.87. The minimum absolute atomic E-state index is 0.131. The first-order valence-electron chi connectivity index (χ1n) is 5.31. The number of halogens is 1. The molecule has 1 aromatic rings. The molecule has 1 heterocycles. The molecular formula is C10H14ClN3O3S. The highest BCUT2D eigenvalue weighted by molar-refractivity contribution is 7.18. The lowest BCUT2D eigenvalue weighted by atomic mass is 10.2. The maximum atomic E-state index is 11.3. The fraction of sp³-hybridized carbons (Fsp3) is 0.500. The molecule has 6 nitrogen and oxygen atoms in total. The third kappa shape index (κ3) is 4.50. The number of primary amides is 1. The molecule has 0 aliphatic carbocycles. The molecule has 0 fully saturated rings. The van der Waals surface area contributed by atoms with E-state index in [4.69, 9.17) is 17.3 Å². The van der Waals surface area contributed by atoms with E-state index in [9.17, 15) is 9.59 Å². The zero-order chi connectivity index (χ0) is 13.5. The van der Waals surface area contributed by atoms with E-state index < -0.39 is 5.97 Å². The topological polar surface area (TPSA) is 94.3 Å². The minimum atomic E-state index is -0.501. The second-order valence-corrected chi connectivity index (χ2v) is 4.84. The number of carbonyl (C=O) groups is 2. The Labute approximate surface area is 113 Å². The van der Waals surface area contributed by atoms with E-state index in [1.165, 1.54) is 7.11 Å². The van der Waals surface area contributed by atoms with Gasteiger partial charge in [0.2, 0.25) is 5.91 Å². The Morgan fingerprint density at radius 3 is 2.83 bits per heavy atom. The van der Waals surface area contributed by atoms with Crippen LogP contribution in [0.2, 0.25) is 5.15 Å². The number of hydrogen-bond acceptors (Lipinski definition) is 6. The van der Waals surface area contributed by atoms with E-state index in [2.05, 4.69) is 15.0 Å². The first-order chi connectivity index (χ1) is 8.54. The number of methoxy groups -OCH3 is 1. The zero-order valence-corrected chi connectivity index (χ0v) is 11.4. The molecule has 8 heteroatoms. The predicted octanol–water partition coefficient (Wildman–Crippen LogP) is 1.65. The monoisotopic (exact) mass is 291 g/mol. The Balaban J connectivity index is 2.39. The number of aromatic nitrogens is 1. The Bertz CT molecular complexity index is 436. The molecule has 0 atom stereocenters. The maximum Gasteiger partial charge on any atom is 0.351 e. The summed E-state index contributed by atoms with van der Waals surface area (Å²) in [4.78, 5) is 26.1. The number of rotatable bonds is 7. The predicted molar refractivity (Wildman–Crippen MR) is 70.0 cm³/mol. The van der Waals surface area contributed by atoms with Gasteiger partial charge in [-0.1, -0.05) is 22.9 Å². The van der Waals surface area contributed by atoms with Crippen LogP contribution in [-0.2, 0) is 9.53 Å². The summed E-state index contributed by atoms with van der Waals surface area (Å²) in [5, 5.41) is 3.71. The van der Waals surface area contributed by atoms with Gasteiger partial charge >= 0.3 is 5.97 Å². The Hall–Kier alpha value is -1.34. The average Bonchev–Trinajstić information content (AvgIpc) is 2.69. The van der Waals surface area contributed by atoms with Crippen molar-refractivity contribution in [1.29, 1.82) is 0 Å². The molecule has 0 aliphatic heterocycles. The van der Waals surface area contributed by atoms with Crippen LogP contribution in [0.4, 0.5) is 5.13 Å². The Morgan fingerprint density at radius 1 is 1.50 bits per heavy atom. The van der Waals surface area contributed by atoms with Gasteiger partial charge in [0.1, 0.15) is 0 Å². The number of carbonyl (C=O) groups excluding carboxylic acids is 2. The van der Waals surface area contributed by atoms with E-state index in [-0.39, 0.29) is 15.9 Å². The summed E-state index contributed by atoms with van der Waals surface area (Å²) in [6, 6.07) is 0. The number of nitrogens with two attached hydrogens (primary N) is 1. The van der Waals surface area contributed by atoms with Gasteiger partial charge in [0.05, 0.1) is 7.11 Å². The van der Waals surface area contributed by atoms with Crippen LogP contribution in [0.25, 0.3) is 0 Å². The number of hydrogen-bond donors (Lipinski definition) is 2. The van der Waals surface area contributed by atoms with E-state index in [1.807, 2.05) is 0 Å². The molecule has 0 aliphatic rings. The summed E-state index contributed by atoms with van der Waals surface area (Å²) in [6.45, 7) is 0.637. The molecule has 3 N–H and O–H groups in total. The lowest BCUT2D eigenvalue weighted by Crippen LogP contribution is -2.10. The van der Waals surface area contributed by atoms with Crippen molar-refractivity contribution in [3.05, 3.63) is 10.0 Å². The molecule has 1 aromatic heterocycles. The highest BCUT2D eigenvalue weighted by Crippen LogP contribution is 2.27. The molecule has 100 valence electrons. The van der Waals surface area contributed by atoms with Gasteiger partial charge in [0, 0.05) is 13.0 Å². The van der Waals surface area contributed by atoms with Crippen LogP contribution in [0.1, 0.15) is 28.9 Å². The highest BCUT2D eigenvalue weighted by atomic mass is 35.5. The first kappa shape index (κ1) is 14.7. The number of unbranched alkanes of at least 4 members (excludes halogenated alkanes) is 1. The summed E-state index contributed by atoms with van der Waals surface area (Å²) in [5.41, 5.74) is 5.02. The second-order valence-electron chi connectivity index (χ2n) is 3.48. The highest BCUT2D eigenvalue weighted by Gasteiger charge is 2.16. The van der Waals surface area contributed by atoms with Crippen molar-refractivity contribution >= 4 is 39.9 Å². The Morgan fingerprint density at radius 2 is 2.22 bits per heavy atom. The molecule has 0 saturated carbocycles. The van der Waals surface area contributed by atoms with Crippen LogP contribution in [0.5, 0.6) is 0 Å². The zero-order valence-electron chi connectivity index (χ0n) is 9.86. The molecule has 0 radical (unpaired) electrons. The fourth-order valence-electron chi connectivity index (χ4n) is 1.22. The lowest BCUT2D eigenvalue weighted by Gasteiger charge is -2.00.